The van der Waals surface area contributed by atoms with Crippen molar-refractivity contribution in [2.24, 2.45) is 5.92 Å². The summed E-state index contributed by atoms with van der Waals surface area (Å²) in [5.41, 5.74) is 1.54. The summed E-state index contributed by atoms with van der Waals surface area (Å²) in [7, 11) is 1.62. The van der Waals surface area contributed by atoms with Crippen molar-refractivity contribution >= 4 is 29.1 Å². The Bertz CT molecular complexity index is 841. The molecule has 2 aromatic rings. The summed E-state index contributed by atoms with van der Waals surface area (Å²) >= 11 is 12.4. The number of ether oxygens (including phenoxy) is 2. The fourth-order valence-corrected chi connectivity index (χ4v) is 3.69. The summed E-state index contributed by atoms with van der Waals surface area (Å²) in [6, 6.07) is 10.8. The first-order valence-electron chi connectivity index (χ1n) is 9.07. The van der Waals surface area contributed by atoms with Crippen LogP contribution in [0.25, 0.3) is 0 Å². The number of hydrogen-bond donors (Lipinski definition) is 1. The second kappa shape index (κ2) is 9.03. The van der Waals surface area contributed by atoms with Gasteiger partial charge < -0.3 is 19.5 Å². The molecule has 2 aromatic carbocycles. The maximum Gasteiger partial charge on any atom is 0.219 e. The van der Waals surface area contributed by atoms with Crippen LogP contribution in [0.4, 0.5) is 0 Å². The van der Waals surface area contributed by atoms with E-state index in [1.165, 1.54) is 6.92 Å². The predicted octanol–water partition coefficient (Wildman–Crippen LogP) is 4.48. The molecule has 0 aliphatic carbocycles. The first kappa shape index (κ1) is 20.8. The fourth-order valence-electron chi connectivity index (χ4n) is 3.37. The van der Waals surface area contributed by atoms with E-state index in [0.29, 0.717) is 41.1 Å². The van der Waals surface area contributed by atoms with Gasteiger partial charge in [-0.2, -0.15) is 0 Å². The van der Waals surface area contributed by atoms with Crippen LogP contribution in [-0.4, -0.2) is 36.1 Å². The Hall–Kier alpha value is -1.95. The number of aliphatic hydroxyl groups is 1. The van der Waals surface area contributed by atoms with Crippen LogP contribution < -0.4 is 9.47 Å². The smallest absolute Gasteiger partial charge is 0.219 e. The van der Waals surface area contributed by atoms with Gasteiger partial charge in [0.15, 0.2) is 0 Å². The lowest BCUT2D eigenvalue weighted by atomic mass is 9.94. The number of hydrogen-bond acceptors (Lipinski definition) is 4. The molecule has 150 valence electrons. The average molecular weight is 424 g/mol. The molecule has 0 spiro atoms. The highest BCUT2D eigenvalue weighted by molar-refractivity contribution is 6.42. The van der Waals surface area contributed by atoms with Gasteiger partial charge >= 0.3 is 0 Å². The molecule has 5 nitrogen and oxygen atoms in total. The van der Waals surface area contributed by atoms with Gasteiger partial charge in [-0.1, -0.05) is 35.3 Å². The zero-order chi connectivity index (χ0) is 20.3. The van der Waals surface area contributed by atoms with E-state index in [9.17, 15) is 9.90 Å². The molecule has 1 aliphatic heterocycles. The number of benzene rings is 2. The molecule has 2 unspecified atom stereocenters. The number of carbonyl (C=O) groups excluding carboxylic acids is 1. The molecule has 0 bridgehead atoms. The molecule has 1 saturated heterocycles. The summed E-state index contributed by atoms with van der Waals surface area (Å²) < 4.78 is 11.1. The maximum absolute atomic E-state index is 11.6. The molecule has 0 radical (unpaired) electrons. The number of halogens is 2. The number of likely N-dealkylation sites (tertiary alicyclic amines) is 1. The van der Waals surface area contributed by atoms with Crippen molar-refractivity contribution in [3.63, 3.8) is 0 Å². The average Bonchev–Trinajstić information content (AvgIpc) is 3.19. The van der Waals surface area contributed by atoms with E-state index in [4.69, 9.17) is 32.7 Å². The SMILES string of the molecule is COc1ccc(COc2cc(Cl)c(Cl)cc2C(O)C2CCN(C(C)=O)C2)cc1. The van der Waals surface area contributed by atoms with Crippen molar-refractivity contribution in [2.45, 2.75) is 26.1 Å². The van der Waals surface area contributed by atoms with Gasteiger partial charge in [0, 0.05) is 37.6 Å². The van der Waals surface area contributed by atoms with Gasteiger partial charge in [-0.15, -0.1) is 0 Å². The molecular formula is C21H23Cl2NO4. The van der Waals surface area contributed by atoms with Crippen LogP contribution in [0.1, 0.15) is 30.6 Å². The minimum Gasteiger partial charge on any atom is -0.497 e. The number of aliphatic hydroxyl groups excluding tert-OH is 1. The normalized spacial score (nSPS) is 17.5. The van der Waals surface area contributed by atoms with Gasteiger partial charge in [0.1, 0.15) is 18.1 Å². The Kier molecular flexibility index (Phi) is 6.70. The third kappa shape index (κ3) is 4.72. The number of nitrogens with zero attached hydrogens (tertiary/aromatic N) is 1. The topological polar surface area (TPSA) is 59.0 Å². The number of rotatable bonds is 6. The van der Waals surface area contributed by atoms with Crippen LogP contribution >= 0.6 is 23.2 Å². The first-order valence-corrected chi connectivity index (χ1v) is 9.83. The van der Waals surface area contributed by atoms with Crippen LogP contribution in [0, 0.1) is 5.92 Å². The van der Waals surface area contributed by atoms with Crippen molar-refractivity contribution < 1.29 is 19.4 Å². The number of amides is 1. The monoisotopic (exact) mass is 423 g/mol. The molecule has 1 fully saturated rings. The highest BCUT2D eigenvalue weighted by atomic mass is 35.5. The van der Waals surface area contributed by atoms with Gasteiger partial charge in [-0.3, -0.25) is 4.79 Å². The van der Waals surface area contributed by atoms with E-state index in [1.807, 2.05) is 24.3 Å². The maximum atomic E-state index is 11.6. The Morgan fingerprint density at radius 2 is 1.93 bits per heavy atom. The summed E-state index contributed by atoms with van der Waals surface area (Å²) in [5, 5.41) is 11.7. The highest BCUT2D eigenvalue weighted by Gasteiger charge is 2.32. The molecule has 1 amide bonds. The van der Waals surface area contributed by atoms with Crippen LogP contribution in [0.2, 0.25) is 10.0 Å². The Morgan fingerprint density at radius 1 is 1.25 bits per heavy atom. The largest absolute Gasteiger partial charge is 0.497 e. The van der Waals surface area contributed by atoms with E-state index in [1.54, 1.807) is 24.1 Å². The van der Waals surface area contributed by atoms with Crippen molar-refractivity contribution in [3.05, 3.63) is 57.6 Å². The zero-order valence-corrected chi connectivity index (χ0v) is 17.3. The second-order valence-electron chi connectivity index (χ2n) is 6.90. The minimum atomic E-state index is -0.801. The zero-order valence-electron chi connectivity index (χ0n) is 15.8. The first-order chi connectivity index (χ1) is 13.4. The lowest BCUT2D eigenvalue weighted by Crippen LogP contribution is -2.27. The molecule has 0 saturated carbocycles. The predicted molar refractivity (Wildman–Crippen MR) is 109 cm³/mol. The number of methoxy groups -OCH3 is 1. The van der Waals surface area contributed by atoms with Gasteiger partial charge in [0.2, 0.25) is 5.91 Å². The van der Waals surface area contributed by atoms with Gasteiger partial charge in [0.25, 0.3) is 0 Å². The van der Waals surface area contributed by atoms with E-state index in [-0.39, 0.29) is 11.8 Å². The van der Waals surface area contributed by atoms with E-state index in [0.717, 1.165) is 17.7 Å². The van der Waals surface area contributed by atoms with Gasteiger partial charge in [-0.25, -0.2) is 0 Å². The summed E-state index contributed by atoms with van der Waals surface area (Å²) in [6.07, 6.45) is -0.0798. The van der Waals surface area contributed by atoms with Crippen LogP contribution in [0.15, 0.2) is 36.4 Å². The van der Waals surface area contributed by atoms with Crippen LogP contribution in [-0.2, 0) is 11.4 Å². The second-order valence-corrected chi connectivity index (χ2v) is 7.71. The molecule has 1 heterocycles. The Balaban J connectivity index is 1.78. The Labute approximate surface area is 174 Å². The fraction of sp³-hybridized carbons (Fsp3) is 0.381. The summed E-state index contributed by atoms with van der Waals surface area (Å²) in [4.78, 5) is 13.3. The molecular weight excluding hydrogens is 401 g/mol. The van der Waals surface area contributed by atoms with Gasteiger partial charge in [0.05, 0.1) is 23.3 Å². The summed E-state index contributed by atoms with van der Waals surface area (Å²) in [6.45, 7) is 3.00. The standard InChI is InChI=1S/C21H23Cl2NO4/c1-13(25)24-8-7-15(11-24)21(26)17-9-18(22)19(23)10-20(17)28-12-14-3-5-16(27-2)6-4-14/h3-6,9-10,15,21,26H,7-8,11-12H2,1-2H3. The molecule has 0 aromatic heterocycles. The third-order valence-electron chi connectivity index (χ3n) is 5.04. The van der Waals surface area contributed by atoms with Gasteiger partial charge in [-0.05, 0) is 30.2 Å². The molecule has 7 heteroatoms. The van der Waals surface area contributed by atoms with Crippen LogP contribution in [0.3, 0.4) is 0 Å². The Morgan fingerprint density at radius 3 is 2.54 bits per heavy atom. The molecule has 1 aliphatic rings. The van der Waals surface area contributed by atoms with Crippen molar-refractivity contribution in [2.75, 3.05) is 20.2 Å². The molecule has 28 heavy (non-hydrogen) atoms. The molecule has 1 N–H and O–H groups in total. The van der Waals surface area contributed by atoms with Crippen molar-refractivity contribution in [3.8, 4) is 11.5 Å². The quantitative estimate of drug-likeness (QED) is 0.743. The lowest BCUT2D eigenvalue weighted by Gasteiger charge is -2.22. The van der Waals surface area contributed by atoms with Crippen molar-refractivity contribution in [1.82, 2.24) is 4.90 Å². The highest BCUT2D eigenvalue weighted by Crippen LogP contribution is 2.39. The van der Waals surface area contributed by atoms with E-state index in [2.05, 4.69) is 0 Å². The minimum absolute atomic E-state index is 0.0137. The number of carbonyl (C=O) groups is 1. The summed E-state index contributed by atoms with van der Waals surface area (Å²) in [5.74, 6) is 1.19. The van der Waals surface area contributed by atoms with E-state index < -0.39 is 6.10 Å². The molecule has 3 rings (SSSR count). The van der Waals surface area contributed by atoms with Crippen molar-refractivity contribution in [1.29, 1.82) is 0 Å². The third-order valence-corrected chi connectivity index (χ3v) is 5.76. The molecule has 2 atom stereocenters. The van der Waals surface area contributed by atoms with Crippen LogP contribution in [0.5, 0.6) is 11.5 Å². The lowest BCUT2D eigenvalue weighted by molar-refractivity contribution is -0.128. The van der Waals surface area contributed by atoms with E-state index >= 15 is 0 Å².